The van der Waals surface area contributed by atoms with Crippen molar-refractivity contribution in [1.82, 2.24) is 14.8 Å². The summed E-state index contributed by atoms with van der Waals surface area (Å²) in [4.78, 5) is 21.4. The number of amides is 1. The average molecular weight is 353 g/mol. The molecule has 1 atom stereocenters. The van der Waals surface area contributed by atoms with Gasteiger partial charge in [0.15, 0.2) is 0 Å². The Hall–Kier alpha value is -2.14. The average Bonchev–Trinajstić information content (AvgIpc) is 3.32. The van der Waals surface area contributed by atoms with Gasteiger partial charge < -0.3 is 9.32 Å². The lowest BCUT2D eigenvalue weighted by molar-refractivity contribution is 0.0771. The molecule has 4 heterocycles. The third-order valence-corrected chi connectivity index (χ3v) is 6.03. The first-order valence-corrected chi connectivity index (χ1v) is 9.65. The molecule has 0 saturated carbocycles. The first-order chi connectivity index (χ1) is 12.7. The van der Waals surface area contributed by atoms with Crippen LogP contribution in [0.1, 0.15) is 40.9 Å². The van der Waals surface area contributed by atoms with Crippen molar-refractivity contribution in [2.45, 2.75) is 32.7 Å². The number of furan rings is 1. The van der Waals surface area contributed by atoms with Crippen molar-refractivity contribution in [3.05, 3.63) is 53.7 Å². The van der Waals surface area contributed by atoms with E-state index in [1.807, 2.05) is 30.3 Å². The number of hydrogen-bond acceptors (Lipinski definition) is 4. The Morgan fingerprint density at radius 3 is 2.69 bits per heavy atom. The van der Waals surface area contributed by atoms with Crippen molar-refractivity contribution in [2.24, 2.45) is 11.8 Å². The number of likely N-dealkylation sites (tertiary alicyclic amines) is 2. The second-order valence-electron chi connectivity index (χ2n) is 7.67. The van der Waals surface area contributed by atoms with Gasteiger partial charge in [0, 0.05) is 32.0 Å². The molecule has 2 aromatic heterocycles. The Bertz CT molecular complexity index is 735. The van der Waals surface area contributed by atoms with Crippen molar-refractivity contribution in [3.63, 3.8) is 0 Å². The second-order valence-corrected chi connectivity index (χ2v) is 7.67. The van der Waals surface area contributed by atoms with Gasteiger partial charge in [-0.2, -0.15) is 0 Å². The van der Waals surface area contributed by atoms with Crippen molar-refractivity contribution in [3.8, 4) is 0 Å². The van der Waals surface area contributed by atoms with Crippen LogP contribution in [-0.2, 0) is 6.54 Å². The molecule has 2 fully saturated rings. The molecule has 2 aliphatic rings. The summed E-state index contributed by atoms with van der Waals surface area (Å²) in [5.41, 5.74) is 2.01. The zero-order chi connectivity index (χ0) is 17.9. The highest BCUT2D eigenvalue weighted by atomic mass is 16.3. The highest BCUT2D eigenvalue weighted by Crippen LogP contribution is 2.33. The summed E-state index contributed by atoms with van der Waals surface area (Å²) < 4.78 is 5.29. The maximum atomic E-state index is 12.7. The molecule has 2 saturated heterocycles. The number of rotatable bonds is 4. The molecule has 2 aliphatic heterocycles. The molecular formula is C21H27N3O2. The Kier molecular flexibility index (Phi) is 5.07. The van der Waals surface area contributed by atoms with E-state index in [2.05, 4.69) is 16.0 Å². The summed E-state index contributed by atoms with van der Waals surface area (Å²) >= 11 is 0. The standard InChI is InChI=1S/C21H27N3O2/c1-16-20(7-12-26-16)21(25)24-11-6-19(15-24)18-4-9-23(10-5-18)14-17-3-2-8-22-13-17/h2-3,7-8,12-13,18-19H,4-6,9-11,14-15H2,1H3/t19-/m0/s1. The summed E-state index contributed by atoms with van der Waals surface area (Å²) in [5, 5.41) is 0. The van der Waals surface area contributed by atoms with Crippen LogP contribution in [0.2, 0.25) is 0 Å². The molecule has 0 spiro atoms. The summed E-state index contributed by atoms with van der Waals surface area (Å²) in [6.07, 6.45) is 9.00. The maximum absolute atomic E-state index is 12.7. The number of nitrogens with zero attached hydrogens (tertiary/aromatic N) is 3. The van der Waals surface area contributed by atoms with E-state index in [0.29, 0.717) is 5.92 Å². The number of carbonyl (C=O) groups is 1. The number of carbonyl (C=O) groups excluding carboxylic acids is 1. The predicted molar refractivity (Wildman–Crippen MR) is 99.7 cm³/mol. The van der Waals surface area contributed by atoms with Gasteiger partial charge in [-0.05, 0) is 68.8 Å². The van der Waals surface area contributed by atoms with Crippen LogP contribution in [0.4, 0.5) is 0 Å². The molecule has 2 aromatic rings. The first-order valence-electron chi connectivity index (χ1n) is 9.65. The van der Waals surface area contributed by atoms with E-state index in [-0.39, 0.29) is 5.91 Å². The molecule has 0 unspecified atom stereocenters. The third kappa shape index (κ3) is 3.68. The highest BCUT2D eigenvalue weighted by molar-refractivity contribution is 5.95. The molecule has 1 amide bonds. The quantitative estimate of drug-likeness (QED) is 0.846. The van der Waals surface area contributed by atoms with Crippen LogP contribution in [0.15, 0.2) is 41.3 Å². The Morgan fingerprint density at radius 1 is 1.19 bits per heavy atom. The number of pyridine rings is 1. The molecule has 5 heteroatoms. The fourth-order valence-corrected chi connectivity index (χ4v) is 4.47. The molecule has 0 aromatic carbocycles. The normalized spacial score (nSPS) is 22.0. The van der Waals surface area contributed by atoms with E-state index in [4.69, 9.17) is 4.42 Å². The molecule has 0 radical (unpaired) electrons. The second kappa shape index (κ2) is 7.62. The monoisotopic (exact) mass is 353 g/mol. The minimum Gasteiger partial charge on any atom is -0.469 e. The van der Waals surface area contributed by atoms with Gasteiger partial charge >= 0.3 is 0 Å². The summed E-state index contributed by atoms with van der Waals surface area (Å²) in [6, 6.07) is 5.95. The number of piperidine rings is 1. The van der Waals surface area contributed by atoms with Crippen molar-refractivity contribution in [1.29, 1.82) is 0 Å². The zero-order valence-electron chi connectivity index (χ0n) is 15.4. The van der Waals surface area contributed by atoms with Crippen LogP contribution in [0.25, 0.3) is 0 Å². The maximum Gasteiger partial charge on any atom is 0.257 e. The SMILES string of the molecule is Cc1occc1C(=O)N1CC[C@H](C2CCN(Cc3cccnc3)CC2)C1. The van der Waals surface area contributed by atoms with Crippen LogP contribution >= 0.6 is 0 Å². The lowest BCUT2D eigenvalue weighted by Gasteiger charge is -2.34. The molecule has 5 nitrogen and oxygen atoms in total. The van der Waals surface area contributed by atoms with Crippen LogP contribution in [-0.4, -0.2) is 46.9 Å². The van der Waals surface area contributed by atoms with Crippen LogP contribution in [0, 0.1) is 18.8 Å². The highest BCUT2D eigenvalue weighted by Gasteiger charge is 2.34. The van der Waals surface area contributed by atoms with Gasteiger partial charge in [-0.15, -0.1) is 0 Å². The molecule has 138 valence electrons. The molecule has 0 N–H and O–H groups in total. The Labute approximate surface area is 155 Å². The lowest BCUT2D eigenvalue weighted by atomic mass is 9.83. The predicted octanol–water partition coefficient (Wildman–Crippen LogP) is 3.36. The zero-order valence-corrected chi connectivity index (χ0v) is 15.4. The molecule has 0 bridgehead atoms. The third-order valence-electron chi connectivity index (χ3n) is 6.03. The number of aryl methyl sites for hydroxylation is 1. The fraction of sp³-hybridized carbons (Fsp3) is 0.524. The van der Waals surface area contributed by atoms with E-state index in [1.54, 1.807) is 12.3 Å². The van der Waals surface area contributed by atoms with E-state index >= 15 is 0 Å². The first kappa shape index (κ1) is 17.3. The smallest absolute Gasteiger partial charge is 0.257 e. The van der Waals surface area contributed by atoms with Gasteiger partial charge in [-0.1, -0.05) is 6.07 Å². The fourth-order valence-electron chi connectivity index (χ4n) is 4.47. The van der Waals surface area contributed by atoms with Gasteiger partial charge in [-0.25, -0.2) is 0 Å². The van der Waals surface area contributed by atoms with Crippen LogP contribution in [0.3, 0.4) is 0 Å². The Balaban J connectivity index is 1.28. The topological polar surface area (TPSA) is 49.6 Å². The molecular weight excluding hydrogens is 326 g/mol. The van der Waals surface area contributed by atoms with Gasteiger partial charge in [0.1, 0.15) is 5.76 Å². The van der Waals surface area contributed by atoms with Gasteiger partial charge in [0.25, 0.3) is 5.91 Å². The lowest BCUT2D eigenvalue weighted by Crippen LogP contribution is -2.37. The molecule has 4 rings (SSSR count). The van der Waals surface area contributed by atoms with E-state index in [9.17, 15) is 4.79 Å². The van der Waals surface area contributed by atoms with Crippen molar-refractivity contribution in [2.75, 3.05) is 26.2 Å². The minimum atomic E-state index is 0.132. The van der Waals surface area contributed by atoms with Gasteiger partial charge in [0.05, 0.1) is 11.8 Å². The van der Waals surface area contributed by atoms with E-state index in [1.165, 1.54) is 18.4 Å². The largest absolute Gasteiger partial charge is 0.469 e. The molecule has 0 aliphatic carbocycles. The molecule has 26 heavy (non-hydrogen) atoms. The van der Waals surface area contributed by atoms with E-state index < -0.39 is 0 Å². The van der Waals surface area contributed by atoms with Gasteiger partial charge in [-0.3, -0.25) is 14.7 Å². The van der Waals surface area contributed by atoms with Crippen molar-refractivity contribution < 1.29 is 9.21 Å². The summed E-state index contributed by atoms with van der Waals surface area (Å²) in [6.45, 7) is 6.92. The van der Waals surface area contributed by atoms with E-state index in [0.717, 1.165) is 56.4 Å². The van der Waals surface area contributed by atoms with Crippen LogP contribution < -0.4 is 0 Å². The van der Waals surface area contributed by atoms with Crippen LogP contribution in [0.5, 0.6) is 0 Å². The number of aromatic nitrogens is 1. The van der Waals surface area contributed by atoms with Gasteiger partial charge in [0.2, 0.25) is 0 Å². The Morgan fingerprint density at radius 2 is 2.00 bits per heavy atom. The minimum absolute atomic E-state index is 0.132. The number of hydrogen-bond donors (Lipinski definition) is 0. The summed E-state index contributed by atoms with van der Waals surface area (Å²) in [5.74, 6) is 2.24. The van der Waals surface area contributed by atoms with Crippen molar-refractivity contribution >= 4 is 5.91 Å². The summed E-state index contributed by atoms with van der Waals surface area (Å²) in [7, 11) is 0.